The number of hydrogen-bond acceptors (Lipinski definition) is 3. The number of Topliss-reactive ketones (excluding diaryl/α,β-unsaturated/α-hetero) is 1. The minimum Gasteiger partial charge on any atom is -0.444 e. The lowest BCUT2D eigenvalue weighted by Gasteiger charge is -2.22. The first-order valence-electron chi connectivity index (χ1n) is 5.36. The minimum atomic E-state index is -0.774. The van der Waals surface area contributed by atoms with Gasteiger partial charge in [-0.25, -0.2) is 4.79 Å². The lowest BCUT2D eigenvalue weighted by atomic mass is 10.1. The summed E-state index contributed by atoms with van der Waals surface area (Å²) in [4.78, 5) is 23.0. The summed E-state index contributed by atoms with van der Waals surface area (Å²) < 4.78 is 5.12. The molecule has 0 aromatic heterocycles. The van der Waals surface area contributed by atoms with Crippen LogP contribution in [0.4, 0.5) is 4.79 Å². The highest BCUT2D eigenvalue weighted by Gasteiger charge is 2.58. The van der Waals surface area contributed by atoms with Crippen LogP contribution in [0.1, 0.15) is 34.1 Å². The van der Waals surface area contributed by atoms with Crippen molar-refractivity contribution in [1.82, 2.24) is 5.32 Å². The number of carbonyl (C=O) groups excluding carboxylic acids is 2. The van der Waals surface area contributed by atoms with Crippen LogP contribution in [0.15, 0.2) is 12.7 Å². The van der Waals surface area contributed by atoms with Gasteiger partial charge in [0.1, 0.15) is 11.1 Å². The zero-order valence-electron chi connectivity index (χ0n) is 10.3. The first kappa shape index (κ1) is 12.7. The van der Waals surface area contributed by atoms with E-state index in [4.69, 9.17) is 4.74 Å². The van der Waals surface area contributed by atoms with Gasteiger partial charge in [0.25, 0.3) is 0 Å². The predicted molar refractivity (Wildman–Crippen MR) is 61.1 cm³/mol. The molecule has 4 nitrogen and oxygen atoms in total. The molecule has 0 aromatic rings. The van der Waals surface area contributed by atoms with Gasteiger partial charge >= 0.3 is 6.09 Å². The highest BCUT2D eigenvalue weighted by molar-refractivity contribution is 5.93. The third kappa shape index (κ3) is 2.62. The van der Waals surface area contributed by atoms with Gasteiger partial charge in [-0.3, -0.25) is 4.79 Å². The number of hydrogen-bond donors (Lipinski definition) is 1. The van der Waals surface area contributed by atoms with Gasteiger partial charge in [-0.05, 0) is 34.1 Å². The first-order valence-corrected chi connectivity index (χ1v) is 5.36. The van der Waals surface area contributed by atoms with Crippen molar-refractivity contribution in [2.45, 2.75) is 45.3 Å². The quantitative estimate of drug-likeness (QED) is 0.748. The second-order valence-electron chi connectivity index (χ2n) is 5.20. The molecule has 1 saturated carbocycles. The molecule has 2 atom stereocenters. The van der Waals surface area contributed by atoms with E-state index in [9.17, 15) is 9.59 Å². The van der Waals surface area contributed by atoms with Gasteiger partial charge in [0.15, 0.2) is 5.78 Å². The van der Waals surface area contributed by atoms with Gasteiger partial charge in [-0.15, -0.1) is 6.58 Å². The molecule has 1 aliphatic rings. The maximum atomic E-state index is 11.6. The summed E-state index contributed by atoms with van der Waals surface area (Å²) in [6.45, 7) is 10.5. The smallest absolute Gasteiger partial charge is 0.408 e. The fraction of sp³-hybridized carbons (Fsp3) is 0.667. The Balaban J connectivity index is 2.63. The van der Waals surface area contributed by atoms with Crippen LogP contribution in [0.3, 0.4) is 0 Å². The number of rotatable bonds is 3. The van der Waals surface area contributed by atoms with E-state index < -0.39 is 17.2 Å². The highest BCUT2D eigenvalue weighted by atomic mass is 16.6. The monoisotopic (exact) mass is 225 g/mol. The van der Waals surface area contributed by atoms with Crippen LogP contribution in [-0.2, 0) is 9.53 Å². The third-order valence-electron chi connectivity index (χ3n) is 2.65. The minimum absolute atomic E-state index is 0.0255. The van der Waals surface area contributed by atoms with Crippen molar-refractivity contribution in [2.24, 2.45) is 5.92 Å². The van der Waals surface area contributed by atoms with Gasteiger partial charge in [0.05, 0.1) is 0 Å². The van der Waals surface area contributed by atoms with Crippen molar-refractivity contribution in [3.63, 3.8) is 0 Å². The van der Waals surface area contributed by atoms with Crippen LogP contribution in [0.5, 0.6) is 0 Å². The van der Waals surface area contributed by atoms with E-state index >= 15 is 0 Å². The first-order chi connectivity index (χ1) is 7.21. The van der Waals surface area contributed by atoms with E-state index in [1.54, 1.807) is 26.8 Å². The second kappa shape index (κ2) is 3.92. The molecule has 0 bridgehead atoms. The zero-order valence-corrected chi connectivity index (χ0v) is 10.3. The van der Waals surface area contributed by atoms with E-state index in [1.807, 2.05) is 0 Å². The fourth-order valence-corrected chi connectivity index (χ4v) is 1.69. The molecule has 1 fully saturated rings. The number of ether oxygens (including phenoxy) is 1. The molecule has 90 valence electrons. The molecule has 0 aromatic carbocycles. The lowest BCUT2D eigenvalue weighted by Crippen LogP contribution is -2.46. The lowest BCUT2D eigenvalue weighted by molar-refractivity contribution is -0.120. The van der Waals surface area contributed by atoms with Crippen molar-refractivity contribution in [3.8, 4) is 0 Å². The van der Waals surface area contributed by atoms with E-state index in [2.05, 4.69) is 11.9 Å². The standard InChI is InChI=1S/C12H19NO3/c1-6-9-7-12(9,8(2)14)13-10(15)16-11(3,4)5/h6,9H,1,7H2,2-5H3,(H,13,15). The second-order valence-corrected chi connectivity index (χ2v) is 5.20. The van der Waals surface area contributed by atoms with Crippen molar-refractivity contribution < 1.29 is 14.3 Å². The largest absolute Gasteiger partial charge is 0.444 e. The number of alkyl carbamates (subject to hydrolysis) is 1. The number of amides is 1. The Bertz CT molecular complexity index is 330. The Hall–Kier alpha value is -1.32. The Morgan fingerprint density at radius 3 is 2.38 bits per heavy atom. The SMILES string of the molecule is C=CC1CC1(NC(=O)OC(C)(C)C)C(C)=O. The molecular formula is C12H19NO3. The summed E-state index contributed by atoms with van der Waals surface area (Å²) in [6, 6.07) is 0. The van der Waals surface area contributed by atoms with Crippen LogP contribution >= 0.6 is 0 Å². The summed E-state index contributed by atoms with van der Waals surface area (Å²) in [5.41, 5.74) is -1.33. The molecular weight excluding hydrogens is 206 g/mol. The van der Waals surface area contributed by atoms with Crippen molar-refractivity contribution in [3.05, 3.63) is 12.7 Å². The van der Waals surface area contributed by atoms with E-state index in [0.717, 1.165) is 0 Å². The molecule has 0 heterocycles. The molecule has 1 N–H and O–H groups in total. The Labute approximate surface area is 96.0 Å². The van der Waals surface area contributed by atoms with Crippen LogP contribution in [-0.4, -0.2) is 23.0 Å². The molecule has 1 rings (SSSR count). The zero-order chi connectivity index (χ0) is 12.6. The van der Waals surface area contributed by atoms with Crippen LogP contribution in [0.25, 0.3) is 0 Å². The van der Waals surface area contributed by atoms with Crippen molar-refractivity contribution in [2.75, 3.05) is 0 Å². The van der Waals surface area contributed by atoms with Crippen molar-refractivity contribution >= 4 is 11.9 Å². The molecule has 0 radical (unpaired) electrons. The topological polar surface area (TPSA) is 55.4 Å². The summed E-state index contributed by atoms with van der Waals surface area (Å²) >= 11 is 0. The van der Waals surface area contributed by atoms with Gasteiger partial charge < -0.3 is 10.1 Å². The molecule has 4 heteroatoms. The van der Waals surface area contributed by atoms with E-state index in [0.29, 0.717) is 6.42 Å². The molecule has 1 aliphatic carbocycles. The van der Waals surface area contributed by atoms with Crippen LogP contribution in [0.2, 0.25) is 0 Å². The maximum absolute atomic E-state index is 11.6. The summed E-state index contributed by atoms with van der Waals surface area (Å²) in [5, 5.41) is 2.64. The summed E-state index contributed by atoms with van der Waals surface area (Å²) in [7, 11) is 0. The van der Waals surface area contributed by atoms with E-state index in [-0.39, 0.29) is 11.7 Å². The predicted octanol–water partition coefficient (Wildman–Crippen LogP) is 2.04. The van der Waals surface area contributed by atoms with Gasteiger partial charge in [0, 0.05) is 5.92 Å². The summed E-state index contributed by atoms with van der Waals surface area (Å²) in [5.74, 6) is -0.0271. The van der Waals surface area contributed by atoms with Crippen LogP contribution in [0, 0.1) is 5.92 Å². The molecule has 0 saturated heterocycles. The Morgan fingerprint density at radius 1 is 1.50 bits per heavy atom. The maximum Gasteiger partial charge on any atom is 0.408 e. The average Bonchev–Trinajstić information content (AvgIpc) is 2.76. The van der Waals surface area contributed by atoms with Crippen molar-refractivity contribution in [1.29, 1.82) is 0 Å². The molecule has 0 spiro atoms. The molecule has 1 amide bonds. The van der Waals surface area contributed by atoms with Crippen LogP contribution < -0.4 is 5.32 Å². The Kier molecular flexibility index (Phi) is 3.13. The number of nitrogens with one attached hydrogen (secondary N) is 1. The van der Waals surface area contributed by atoms with Gasteiger partial charge in [-0.1, -0.05) is 6.08 Å². The molecule has 16 heavy (non-hydrogen) atoms. The number of carbonyl (C=O) groups is 2. The average molecular weight is 225 g/mol. The number of ketones is 1. The third-order valence-corrected chi connectivity index (χ3v) is 2.65. The van der Waals surface area contributed by atoms with Gasteiger partial charge in [0.2, 0.25) is 0 Å². The highest BCUT2D eigenvalue weighted by Crippen LogP contribution is 2.45. The van der Waals surface area contributed by atoms with Gasteiger partial charge in [-0.2, -0.15) is 0 Å². The van der Waals surface area contributed by atoms with E-state index in [1.165, 1.54) is 6.92 Å². The normalized spacial score (nSPS) is 28.1. The fourth-order valence-electron chi connectivity index (χ4n) is 1.69. The Morgan fingerprint density at radius 2 is 2.06 bits per heavy atom. The molecule has 2 unspecified atom stereocenters. The summed E-state index contributed by atoms with van der Waals surface area (Å²) in [6.07, 6.45) is 1.76. The molecule has 0 aliphatic heterocycles.